The van der Waals surface area contributed by atoms with Gasteiger partial charge in [0.2, 0.25) is 0 Å². The molecule has 0 spiro atoms. The molecule has 174 valence electrons. The van der Waals surface area contributed by atoms with E-state index in [0.717, 1.165) is 26.4 Å². The number of nitrogens with one attached hydrogen (secondary N) is 2. The Labute approximate surface area is 206 Å². The van der Waals surface area contributed by atoms with Crippen molar-refractivity contribution < 1.29 is 9.53 Å². The molecule has 2 N–H and O–H groups in total. The molecule has 5 aromatic rings. The summed E-state index contributed by atoms with van der Waals surface area (Å²) < 4.78 is 6.10. The molecular formula is C26H22N6O2S. The summed E-state index contributed by atoms with van der Waals surface area (Å²) in [5.74, 6) is 0.674. The lowest BCUT2D eigenvalue weighted by Crippen LogP contribution is -2.17. The Morgan fingerprint density at radius 3 is 2.66 bits per heavy atom. The Bertz CT molecular complexity index is 1440. The number of hydrogen-bond donors (Lipinski definition) is 2. The molecule has 3 heterocycles. The Hall–Kier alpha value is -4.21. The molecule has 0 aliphatic carbocycles. The van der Waals surface area contributed by atoms with Crippen molar-refractivity contribution >= 4 is 39.0 Å². The number of thiazole rings is 1. The molecule has 5 rings (SSSR count). The third-order valence-corrected chi connectivity index (χ3v) is 6.24. The van der Waals surface area contributed by atoms with Gasteiger partial charge in [-0.25, -0.2) is 15.0 Å². The highest BCUT2D eigenvalue weighted by molar-refractivity contribution is 7.21. The van der Waals surface area contributed by atoms with Gasteiger partial charge in [0.25, 0.3) is 5.91 Å². The number of pyridine rings is 1. The van der Waals surface area contributed by atoms with E-state index in [0.29, 0.717) is 30.5 Å². The fourth-order valence-electron chi connectivity index (χ4n) is 3.51. The van der Waals surface area contributed by atoms with E-state index in [1.54, 1.807) is 25.6 Å². The normalized spacial score (nSPS) is 10.9. The van der Waals surface area contributed by atoms with Gasteiger partial charge in [-0.05, 0) is 18.2 Å². The first-order chi connectivity index (χ1) is 17.2. The maximum absolute atomic E-state index is 13.4. The summed E-state index contributed by atoms with van der Waals surface area (Å²) in [4.78, 5) is 31.4. The van der Waals surface area contributed by atoms with Crippen molar-refractivity contribution in [1.82, 2.24) is 19.9 Å². The van der Waals surface area contributed by atoms with Crippen LogP contribution in [0.2, 0.25) is 0 Å². The summed E-state index contributed by atoms with van der Waals surface area (Å²) >= 11 is 1.53. The van der Waals surface area contributed by atoms with E-state index in [-0.39, 0.29) is 11.6 Å². The standard InChI is InChI=1S/C26H22N6O2S/c1-34-14-13-28-23-15-21(29-24(32-23)17-7-3-2-4-8-17)25(33)30-19-10-6-5-9-18(19)26-31-20-11-12-27-16-22(20)35-26/h2-12,15-16H,13-14H2,1H3,(H,30,33)(H,28,29,32). The molecule has 0 atom stereocenters. The molecule has 8 nitrogen and oxygen atoms in total. The van der Waals surface area contributed by atoms with Crippen molar-refractivity contribution in [1.29, 1.82) is 0 Å². The van der Waals surface area contributed by atoms with Crippen LogP contribution in [0.4, 0.5) is 11.5 Å². The first-order valence-corrected chi connectivity index (χ1v) is 11.8. The van der Waals surface area contributed by atoms with Crippen molar-refractivity contribution in [2.24, 2.45) is 0 Å². The fraction of sp³-hybridized carbons (Fsp3) is 0.115. The predicted octanol–water partition coefficient (Wildman–Crippen LogP) is 5.13. The quantitative estimate of drug-likeness (QED) is 0.296. The van der Waals surface area contributed by atoms with Crippen LogP contribution in [0.3, 0.4) is 0 Å². The van der Waals surface area contributed by atoms with E-state index in [4.69, 9.17) is 9.72 Å². The first-order valence-electron chi connectivity index (χ1n) is 11.0. The zero-order valence-electron chi connectivity index (χ0n) is 18.9. The highest BCUT2D eigenvalue weighted by atomic mass is 32.1. The van der Waals surface area contributed by atoms with Crippen molar-refractivity contribution in [2.75, 3.05) is 30.9 Å². The third kappa shape index (κ3) is 5.16. The molecule has 0 saturated heterocycles. The summed E-state index contributed by atoms with van der Waals surface area (Å²) in [6.45, 7) is 1.06. The summed E-state index contributed by atoms with van der Waals surface area (Å²) in [7, 11) is 1.63. The molecule has 2 aromatic carbocycles. The predicted molar refractivity (Wildman–Crippen MR) is 139 cm³/mol. The third-order valence-electron chi connectivity index (χ3n) is 5.20. The van der Waals surface area contributed by atoms with Crippen LogP contribution in [0.15, 0.2) is 79.1 Å². The van der Waals surface area contributed by atoms with Gasteiger partial charge >= 0.3 is 0 Å². The van der Waals surface area contributed by atoms with E-state index in [9.17, 15) is 4.79 Å². The number of aromatic nitrogens is 4. The number of hydrogen-bond acceptors (Lipinski definition) is 8. The zero-order valence-corrected chi connectivity index (χ0v) is 19.7. The lowest BCUT2D eigenvalue weighted by atomic mass is 10.1. The fourth-order valence-corrected chi connectivity index (χ4v) is 4.48. The smallest absolute Gasteiger partial charge is 0.274 e. The zero-order chi connectivity index (χ0) is 24.0. The Morgan fingerprint density at radius 2 is 1.83 bits per heavy atom. The molecular weight excluding hydrogens is 460 g/mol. The minimum absolute atomic E-state index is 0.252. The molecule has 0 aliphatic heterocycles. The molecule has 0 unspecified atom stereocenters. The van der Waals surface area contributed by atoms with Crippen LogP contribution in [-0.2, 0) is 4.74 Å². The summed E-state index contributed by atoms with van der Waals surface area (Å²) in [5, 5.41) is 7.01. The minimum atomic E-state index is -0.338. The molecule has 1 amide bonds. The van der Waals surface area contributed by atoms with Crippen LogP contribution in [0.1, 0.15) is 10.5 Å². The number of carbonyl (C=O) groups excluding carboxylic acids is 1. The maximum Gasteiger partial charge on any atom is 0.274 e. The van der Waals surface area contributed by atoms with Crippen molar-refractivity contribution in [3.8, 4) is 22.0 Å². The van der Waals surface area contributed by atoms with Crippen LogP contribution in [-0.4, -0.2) is 46.1 Å². The van der Waals surface area contributed by atoms with Crippen molar-refractivity contribution in [2.45, 2.75) is 0 Å². The molecule has 0 fully saturated rings. The number of methoxy groups -OCH3 is 1. The number of anilines is 2. The van der Waals surface area contributed by atoms with Gasteiger partial charge in [0, 0.05) is 43.2 Å². The van der Waals surface area contributed by atoms with Crippen LogP contribution in [0, 0.1) is 0 Å². The van der Waals surface area contributed by atoms with E-state index < -0.39 is 0 Å². The number of ether oxygens (including phenoxy) is 1. The number of rotatable bonds is 8. The van der Waals surface area contributed by atoms with Gasteiger partial charge < -0.3 is 15.4 Å². The summed E-state index contributed by atoms with van der Waals surface area (Å²) in [6.07, 6.45) is 3.51. The second-order valence-electron chi connectivity index (χ2n) is 7.61. The molecule has 0 aliphatic rings. The van der Waals surface area contributed by atoms with E-state index >= 15 is 0 Å². The lowest BCUT2D eigenvalue weighted by molar-refractivity contribution is 0.102. The molecule has 35 heavy (non-hydrogen) atoms. The highest BCUT2D eigenvalue weighted by Crippen LogP contribution is 2.34. The van der Waals surface area contributed by atoms with Gasteiger partial charge in [0.05, 0.1) is 22.5 Å². The van der Waals surface area contributed by atoms with Crippen molar-refractivity contribution in [3.63, 3.8) is 0 Å². The van der Waals surface area contributed by atoms with Gasteiger partial charge in [-0.3, -0.25) is 9.78 Å². The second-order valence-corrected chi connectivity index (χ2v) is 8.64. The Morgan fingerprint density at radius 1 is 1.00 bits per heavy atom. The van der Waals surface area contributed by atoms with E-state index in [1.165, 1.54) is 11.3 Å². The average molecular weight is 483 g/mol. The van der Waals surface area contributed by atoms with E-state index in [2.05, 4.69) is 25.6 Å². The van der Waals surface area contributed by atoms with Crippen LogP contribution in [0.25, 0.3) is 32.2 Å². The summed E-state index contributed by atoms with van der Waals surface area (Å²) in [5.41, 5.74) is 3.43. The Kier molecular flexibility index (Phi) is 6.69. The van der Waals surface area contributed by atoms with Crippen LogP contribution < -0.4 is 10.6 Å². The number of carbonyl (C=O) groups is 1. The molecule has 3 aromatic heterocycles. The number of amides is 1. The van der Waals surface area contributed by atoms with Crippen LogP contribution in [0.5, 0.6) is 0 Å². The maximum atomic E-state index is 13.4. The number of para-hydroxylation sites is 1. The van der Waals surface area contributed by atoms with Crippen molar-refractivity contribution in [3.05, 3.63) is 84.8 Å². The minimum Gasteiger partial charge on any atom is -0.383 e. The molecule has 0 bridgehead atoms. The van der Waals surface area contributed by atoms with Gasteiger partial charge in [-0.15, -0.1) is 11.3 Å². The molecule has 9 heteroatoms. The van der Waals surface area contributed by atoms with Crippen LogP contribution >= 0.6 is 11.3 Å². The topological polar surface area (TPSA) is 102 Å². The second kappa shape index (κ2) is 10.4. The lowest BCUT2D eigenvalue weighted by Gasteiger charge is -2.12. The van der Waals surface area contributed by atoms with Gasteiger partial charge in [-0.1, -0.05) is 42.5 Å². The van der Waals surface area contributed by atoms with Gasteiger partial charge in [-0.2, -0.15) is 0 Å². The number of fused-ring (bicyclic) bond motifs is 1. The average Bonchev–Trinajstić information content (AvgIpc) is 3.34. The molecule has 0 radical (unpaired) electrons. The monoisotopic (exact) mass is 482 g/mol. The first kappa shape index (κ1) is 22.6. The SMILES string of the molecule is COCCNc1cc(C(=O)Nc2ccccc2-c2nc3ccncc3s2)nc(-c2ccccc2)n1. The summed E-state index contributed by atoms with van der Waals surface area (Å²) in [6, 6.07) is 20.7. The Balaban J connectivity index is 1.47. The number of benzene rings is 2. The number of nitrogens with zero attached hydrogens (tertiary/aromatic N) is 4. The highest BCUT2D eigenvalue weighted by Gasteiger charge is 2.17. The van der Waals surface area contributed by atoms with Gasteiger partial charge in [0.1, 0.15) is 16.5 Å². The largest absolute Gasteiger partial charge is 0.383 e. The van der Waals surface area contributed by atoms with E-state index in [1.807, 2.05) is 60.7 Å². The van der Waals surface area contributed by atoms with Gasteiger partial charge in [0.15, 0.2) is 5.82 Å². The molecule has 0 saturated carbocycles.